The third-order valence-electron chi connectivity index (χ3n) is 1.50. The van der Waals surface area contributed by atoms with E-state index in [0.29, 0.717) is 0 Å². The maximum Gasteiger partial charge on any atom is 0.342 e. The van der Waals surface area contributed by atoms with E-state index in [-0.39, 0.29) is 6.61 Å². The maximum atomic E-state index is 13.1. The van der Waals surface area contributed by atoms with Gasteiger partial charge in [-0.2, -0.15) is 0 Å². The van der Waals surface area contributed by atoms with E-state index in [1.807, 2.05) is 0 Å². The Labute approximate surface area is 72.1 Å². The van der Waals surface area contributed by atoms with Crippen LogP contribution < -0.4 is 0 Å². The van der Waals surface area contributed by atoms with Gasteiger partial charge in [-0.15, -0.1) is 6.42 Å². The van der Waals surface area contributed by atoms with Gasteiger partial charge in [-0.3, -0.25) is 0 Å². The molecule has 0 saturated heterocycles. The predicted octanol–water partition coefficient (Wildman–Crippen LogP) is 1.55. The van der Waals surface area contributed by atoms with Crippen LogP contribution in [0.4, 0.5) is 4.39 Å². The Morgan fingerprint density at radius 2 is 2.25 bits per heavy atom. The van der Waals surface area contributed by atoms with Crippen LogP contribution in [0.2, 0.25) is 0 Å². The Kier molecular flexibility index (Phi) is 3.75. The van der Waals surface area contributed by atoms with Gasteiger partial charge in [0.25, 0.3) is 0 Å². The SMILES string of the molecule is C#CC(C)(C)C(F)C(=O)OCC. The van der Waals surface area contributed by atoms with E-state index >= 15 is 0 Å². The van der Waals surface area contributed by atoms with Gasteiger partial charge in [-0.25, -0.2) is 9.18 Å². The molecule has 0 bridgehead atoms. The molecule has 0 N–H and O–H groups in total. The van der Waals surface area contributed by atoms with Crippen molar-refractivity contribution in [2.45, 2.75) is 26.9 Å². The van der Waals surface area contributed by atoms with Gasteiger partial charge in [0.2, 0.25) is 6.17 Å². The molecular weight excluding hydrogens is 159 g/mol. The number of hydrogen-bond acceptors (Lipinski definition) is 2. The van der Waals surface area contributed by atoms with E-state index in [4.69, 9.17) is 6.42 Å². The number of rotatable bonds is 3. The second-order valence-corrected chi connectivity index (χ2v) is 2.98. The minimum absolute atomic E-state index is 0.167. The first-order valence-electron chi connectivity index (χ1n) is 3.74. The molecule has 0 saturated carbocycles. The summed E-state index contributed by atoms with van der Waals surface area (Å²) in [4.78, 5) is 10.9. The summed E-state index contributed by atoms with van der Waals surface area (Å²) in [5.74, 6) is 1.32. The molecule has 0 spiro atoms. The zero-order valence-corrected chi connectivity index (χ0v) is 7.56. The molecule has 0 aromatic heterocycles. The number of ether oxygens (including phenoxy) is 1. The van der Waals surface area contributed by atoms with Crippen molar-refractivity contribution in [3.8, 4) is 12.3 Å². The van der Waals surface area contributed by atoms with Crippen LogP contribution in [0.15, 0.2) is 0 Å². The molecule has 0 heterocycles. The topological polar surface area (TPSA) is 26.3 Å². The zero-order chi connectivity index (χ0) is 9.78. The maximum absolute atomic E-state index is 13.1. The number of terminal acetylenes is 1. The van der Waals surface area contributed by atoms with Crippen molar-refractivity contribution < 1.29 is 13.9 Å². The van der Waals surface area contributed by atoms with E-state index in [9.17, 15) is 9.18 Å². The molecule has 0 aromatic rings. The van der Waals surface area contributed by atoms with Gasteiger partial charge in [-0.1, -0.05) is 5.92 Å². The highest BCUT2D eigenvalue weighted by Gasteiger charge is 2.34. The Morgan fingerprint density at radius 1 is 1.75 bits per heavy atom. The van der Waals surface area contributed by atoms with Gasteiger partial charge >= 0.3 is 5.97 Å². The fourth-order valence-corrected chi connectivity index (χ4v) is 0.583. The molecule has 0 aliphatic rings. The van der Waals surface area contributed by atoms with Crippen LogP contribution in [-0.2, 0) is 9.53 Å². The monoisotopic (exact) mass is 172 g/mol. The molecule has 12 heavy (non-hydrogen) atoms. The minimum Gasteiger partial charge on any atom is -0.464 e. The third-order valence-corrected chi connectivity index (χ3v) is 1.50. The second kappa shape index (κ2) is 4.10. The highest BCUT2D eigenvalue weighted by Crippen LogP contribution is 2.23. The van der Waals surface area contributed by atoms with Crippen molar-refractivity contribution in [1.29, 1.82) is 0 Å². The average Bonchev–Trinajstić information content (AvgIpc) is 2.03. The first kappa shape index (κ1) is 11.0. The molecule has 0 aliphatic heterocycles. The quantitative estimate of drug-likeness (QED) is 0.477. The first-order valence-corrected chi connectivity index (χ1v) is 3.74. The van der Waals surface area contributed by atoms with Crippen LogP contribution >= 0.6 is 0 Å². The molecule has 0 radical (unpaired) electrons. The van der Waals surface area contributed by atoms with Crippen LogP contribution in [0, 0.1) is 17.8 Å². The van der Waals surface area contributed by atoms with Crippen LogP contribution in [0.25, 0.3) is 0 Å². The largest absolute Gasteiger partial charge is 0.464 e. The summed E-state index contributed by atoms with van der Waals surface area (Å²) in [7, 11) is 0. The van der Waals surface area contributed by atoms with Crippen molar-refractivity contribution >= 4 is 5.97 Å². The number of carbonyl (C=O) groups is 1. The lowest BCUT2D eigenvalue weighted by Gasteiger charge is -2.20. The summed E-state index contributed by atoms with van der Waals surface area (Å²) >= 11 is 0. The van der Waals surface area contributed by atoms with Gasteiger partial charge in [0.15, 0.2) is 0 Å². The molecule has 1 unspecified atom stereocenters. The molecule has 0 aromatic carbocycles. The molecule has 0 fully saturated rings. The van der Waals surface area contributed by atoms with Crippen molar-refractivity contribution in [2.75, 3.05) is 6.61 Å². The van der Waals surface area contributed by atoms with E-state index < -0.39 is 17.6 Å². The third kappa shape index (κ3) is 2.54. The van der Waals surface area contributed by atoms with E-state index in [2.05, 4.69) is 10.7 Å². The fraction of sp³-hybridized carbons (Fsp3) is 0.667. The minimum atomic E-state index is -1.75. The van der Waals surface area contributed by atoms with Gasteiger partial charge in [0.1, 0.15) is 0 Å². The first-order chi connectivity index (χ1) is 5.45. The van der Waals surface area contributed by atoms with E-state index in [1.165, 1.54) is 13.8 Å². The molecule has 68 valence electrons. The van der Waals surface area contributed by atoms with Crippen molar-refractivity contribution in [3.63, 3.8) is 0 Å². The van der Waals surface area contributed by atoms with Crippen LogP contribution in [0.3, 0.4) is 0 Å². The molecule has 1 atom stereocenters. The smallest absolute Gasteiger partial charge is 0.342 e. The van der Waals surface area contributed by atoms with Gasteiger partial charge in [-0.05, 0) is 20.8 Å². The Balaban J connectivity index is 4.30. The number of hydrogen-bond donors (Lipinski definition) is 0. The lowest BCUT2D eigenvalue weighted by atomic mass is 9.89. The average molecular weight is 172 g/mol. The number of halogens is 1. The molecular formula is C9H13FO2. The Hall–Kier alpha value is -1.04. The Bertz CT molecular complexity index is 203. The number of carbonyl (C=O) groups excluding carboxylic acids is 1. The summed E-state index contributed by atoms with van der Waals surface area (Å²) in [6, 6.07) is 0. The zero-order valence-electron chi connectivity index (χ0n) is 7.56. The van der Waals surface area contributed by atoms with Crippen molar-refractivity contribution in [2.24, 2.45) is 5.41 Å². The van der Waals surface area contributed by atoms with Crippen LogP contribution in [0.1, 0.15) is 20.8 Å². The van der Waals surface area contributed by atoms with E-state index in [0.717, 1.165) is 0 Å². The molecule has 0 rings (SSSR count). The standard InChI is InChI=1S/C9H13FO2/c1-5-9(3,4)7(10)8(11)12-6-2/h1,7H,6H2,2-4H3. The molecule has 2 nitrogen and oxygen atoms in total. The summed E-state index contributed by atoms with van der Waals surface area (Å²) in [6.45, 7) is 4.75. The molecule has 0 aliphatic carbocycles. The molecule has 3 heteroatoms. The number of esters is 1. The lowest BCUT2D eigenvalue weighted by molar-refractivity contribution is -0.152. The van der Waals surface area contributed by atoms with Crippen LogP contribution in [0.5, 0.6) is 0 Å². The fourth-order valence-electron chi connectivity index (χ4n) is 0.583. The summed E-state index contributed by atoms with van der Waals surface area (Å²) in [5.41, 5.74) is -1.09. The van der Waals surface area contributed by atoms with Crippen molar-refractivity contribution in [3.05, 3.63) is 0 Å². The van der Waals surface area contributed by atoms with Crippen LogP contribution in [-0.4, -0.2) is 18.7 Å². The highest BCUT2D eigenvalue weighted by atomic mass is 19.1. The lowest BCUT2D eigenvalue weighted by Crippen LogP contribution is -2.33. The summed E-state index contributed by atoms with van der Waals surface area (Å²) < 4.78 is 17.6. The van der Waals surface area contributed by atoms with Gasteiger partial charge < -0.3 is 4.74 Å². The Morgan fingerprint density at radius 3 is 2.58 bits per heavy atom. The predicted molar refractivity (Wildman–Crippen MR) is 44.1 cm³/mol. The number of alkyl halides is 1. The van der Waals surface area contributed by atoms with Crippen molar-refractivity contribution in [1.82, 2.24) is 0 Å². The molecule has 0 amide bonds. The summed E-state index contributed by atoms with van der Waals surface area (Å²) in [6.07, 6.45) is 3.30. The summed E-state index contributed by atoms with van der Waals surface area (Å²) in [5, 5.41) is 0. The second-order valence-electron chi connectivity index (χ2n) is 2.98. The van der Waals surface area contributed by atoms with Gasteiger partial charge in [0, 0.05) is 0 Å². The van der Waals surface area contributed by atoms with Gasteiger partial charge in [0.05, 0.1) is 12.0 Å². The van der Waals surface area contributed by atoms with E-state index in [1.54, 1.807) is 6.92 Å². The normalized spacial score (nSPS) is 13.2. The highest BCUT2D eigenvalue weighted by molar-refractivity contribution is 5.76.